The molecule has 1 aromatic rings. The normalized spacial score (nSPS) is 34.2. The van der Waals surface area contributed by atoms with Gasteiger partial charge in [-0.1, -0.05) is 28.9 Å². The van der Waals surface area contributed by atoms with Gasteiger partial charge in [0, 0.05) is 17.0 Å². The van der Waals surface area contributed by atoms with Crippen molar-refractivity contribution in [3.8, 4) is 0 Å². The largest absolute Gasteiger partial charge is 0.388 e. The number of fused-ring (bicyclic) bond motifs is 1. The monoisotopic (exact) mass is 265 g/mol. The van der Waals surface area contributed by atoms with Crippen LogP contribution in [-0.2, 0) is 9.63 Å². The second-order valence-electron chi connectivity index (χ2n) is 4.99. The maximum atomic E-state index is 12.0. The predicted octanol–water partition coefficient (Wildman–Crippen LogP) is 1.78. The Bertz CT molecular complexity index is 536. The molecule has 2 aliphatic rings. The highest BCUT2D eigenvalue weighted by molar-refractivity contribution is 6.30. The number of hydrogen-bond acceptors (Lipinski definition) is 4. The summed E-state index contributed by atoms with van der Waals surface area (Å²) >= 11 is 5.83. The molecular formula is C13H12ClNO3. The van der Waals surface area contributed by atoms with Gasteiger partial charge in [0.2, 0.25) is 0 Å². The van der Waals surface area contributed by atoms with Crippen molar-refractivity contribution in [3.05, 3.63) is 34.9 Å². The highest BCUT2D eigenvalue weighted by atomic mass is 35.5. The van der Waals surface area contributed by atoms with Crippen LogP contribution in [0, 0.1) is 5.92 Å². The highest BCUT2D eigenvalue weighted by Crippen LogP contribution is 2.40. The van der Waals surface area contributed by atoms with Gasteiger partial charge in [0.05, 0.1) is 0 Å². The number of oxime groups is 1. The fraction of sp³-hybridized carbons (Fsp3) is 0.385. The Morgan fingerprint density at radius 2 is 2.11 bits per heavy atom. The lowest BCUT2D eigenvalue weighted by Gasteiger charge is -2.20. The van der Waals surface area contributed by atoms with Crippen molar-refractivity contribution >= 4 is 23.1 Å². The van der Waals surface area contributed by atoms with Crippen molar-refractivity contribution < 1.29 is 14.7 Å². The first-order valence-electron chi connectivity index (χ1n) is 5.74. The van der Waals surface area contributed by atoms with Gasteiger partial charge in [-0.05, 0) is 19.1 Å². The third-order valence-electron chi connectivity index (χ3n) is 3.49. The summed E-state index contributed by atoms with van der Waals surface area (Å²) in [4.78, 5) is 17.2. The van der Waals surface area contributed by atoms with E-state index in [1.807, 2.05) is 0 Å². The van der Waals surface area contributed by atoms with E-state index in [-0.39, 0.29) is 12.2 Å². The van der Waals surface area contributed by atoms with Crippen LogP contribution in [0.1, 0.15) is 18.9 Å². The summed E-state index contributed by atoms with van der Waals surface area (Å²) in [5, 5.41) is 14.7. The van der Waals surface area contributed by atoms with Crippen LogP contribution in [-0.4, -0.2) is 28.3 Å². The van der Waals surface area contributed by atoms with E-state index in [1.165, 1.54) is 0 Å². The molecule has 1 saturated carbocycles. The van der Waals surface area contributed by atoms with E-state index in [4.69, 9.17) is 16.4 Å². The van der Waals surface area contributed by atoms with Crippen molar-refractivity contribution in [2.24, 2.45) is 11.1 Å². The SMILES string of the molecule is C[C@@]1(O)CC(=O)[C@H]2C(c3ccc(Cl)cc3)=NO[C@H]21. The Kier molecular flexibility index (Phi) is 2.47. The molecule has 1 fully saturated rings. The molecule has 1 aliphatic carbocycles. The Labute approximate surface area is 109 Å². The Morgan fingerprint density at radius 1 is 1.44 bits per heavy atom. The number of carbonyl (C=O) groups excluding carboxylic acids is 1. The number of aliphatic hydroxyl groups is 1. The third kappa shape index (κ3) is 1.64. The maximum absolute atomic E-state index is 12.0. The summed E-state index contributed by atoms with van der Waals surface area (Å²) in [6, 6.07) is 7.08. The van der Waals surface area contributed by atoms with Gasteiger partial charge in [0.25, 0.3) is 0 Å². The minimum absolute atomic E-state index is 0.0313. The number of halogens is 1. The van der Waals surface area contributed by atoms with Crippen LogP contribution in [0.5, 0.6) is 0 Å². The van der Waals surface area contributed by atoms with Gasteiger partial charge >= 0.3 is 0 Å². The topological polar surface area (TPSA) is 58.9 Å². The van der Waals surface area contributed by atoms with Crippen LogP contribution in [0.2, 0.25) is 5.02 Å². The lowest BCUT2D eigenvalue weighted by atomic mass is 9.91. The molecule has 3 atom stereocenters. The van der Waals surface area contributed by atoms with Crippen molar-refractivity contribution in [1.82, 2.24) is 0 Å². The van der Waals surface area contributed by atoms with Crippen molar-refractivity contribution in [2.45, 2.75) is 25.0 Å². The number of Topliss-reactive ketones (excluding diaryl/α,β-unsaturated/α-hetero) is 1. The molecule has 0 spiro atoms. The number of carbonyl (C=O) groups is 1. The van der Waals surface area contributed by atoms with E-state index in [0.717, 1.165) is 5.56 Å². The minimum Gasteiger partial charge on any atom is -0.388 e. The van der Waals surface area contributed by atoms with E-state index in [1.54, 1.807) is 31.2 Å². The van der Waals surface area contributed by atoms with E-state index < -0.39 is 17.6 Å². The molecule has 1 aromatic carbocycles. The van der Waals surface area contributed by atoms with Gasteiger partial charge in [-0.15, -0.1) is 0 Å². The summed E-state index contributed by atoms with van der Waals surface area (Å²) in [5.41, 5.74) is 0.247. The van der Waals surface area contributed by atoms with Gasteiger partial charge in [-0.25, -0.2) is 0 Å². The third-order valence-corrected chi connectivity index (χ3v) is 3.75. The van der Waals surface area contributed by atoms with Crippen LogP contribution < -0.4 is 0 Å². The summed E-state index contributed by atoms with van der Waals surface area (Å²) in [7, 11) is 0. The molecule has 0 aromatic heterocycles. The molecular weight excluding hydrogens is 254 g/mol. The Hall–Kier alpha value is -1.39. The van der Waals surface area contributed by atoms with Crippen LogP contribution >= 0.6 is 11.6 Å². The molecule has 18 heavy (non-hydrogen) atoms. The second kappa shape index (κ2) is 3.80. The molecule has 1 aliphatic heterocycles. The van der Waals surface area contributed by atoms with E-state index in [2.05, 4.69) is 5.16 Å². The van der Waals surface area contributed by atoms with Crippen LogP contribution in [0.25, 0.3) is 0 Å². The zero-order valence-electron chi connectivity index (χ0n) is 9.76. The fourth-order valence-electron chi connectivity index (χ4n) is 2.58. The number of benzene rings is 1. The van der Waals surface area contributed by atoms with E-state index in [9.17, 15) is 9.90 Å². The second-order valence-corrected chi connectivity index (χ2v) is 5.42. The summed E-state index contributed by atoms with van der Waals surface area (Å²) in [6.45, 7) is 1.61. The number of rotatable bonds is 1. The molecule has 3 rings (SSSR count). The van der Waals surface area contributed by atoms with Gasteiger partial charge in [0.15, 0.2) is 6.10 Å². The number of hydrogen-bond donors (Lipinski definition) is 1. The van der Waals surface area contributed by atoms with E-state index >= 15 is 0 Å². The standard InChI is InChI=1S/C13H12ClNO3/c1-13(17)6-9(16)10-11(15-18-12(10)13)7-2-4-8(14)5-3-7/h2-5,10,12,17H,6H2,1H3/t10-,12+,13+/m0/s1. The minimum atomic E-state index is -1.14. The van der Waals surface area contributed by atoms with E-state index in [0.29, 0.717) is 10.7 Å². The van der Waals surface area contributed by atoms with Gasteiger partial charge in [0.1, 0.15) is 23.0 Å². The summed E-state index contributed by atoms with van der Waals surface area (Å²) in [5.74, 6) is -0.502. The van der Waals surface area contributed by atoms with Crippen LogP contribution in [0.15, 0.2) is 29.4 Å². The zero-order valence-corrected chi connectivity index (χ0v) is 10.5. The molecule has 0 radical (unpaired) electrons. The quantitative estimate of drug-likeness (QED) is 0.842. The lowest BCUT2D eigenvalue weighted by Crippen LogP contribution is -2.37. The first-order valence-corrected chi connectivity index (χ1v) is 6.11. The van der Waals surface area contributed by atoms with Crippen LogP contribution in [0.4, 0.5) is 0 Å². The maximum Gasteiger partial charge on any atom is 0.171 e. The molecule has 1 heterocycles. The van der Waals surface area contributed by atoms with Crippen molar-refractivity contribution in [2.75, 3.05) is 0 Å². The highest BCUT2D eigenvalue weighted by Gasteiger charge is 2.56. The lowest BCUT2D eigenvalue weighted by molar-refractivity contribution is -0.119. The molecule has 0 unspecified atom stereocenters. The summed E-state index contributed by atoms with van der Waals surface area (Å²) < 4.78 is 0. The van der Waals surface area contributed by atoms with Gasteiger partial charge in [-0.2, -0.15) is 0 Å². The fourth-order valence-corrected chi connectivity index (χ4v) is 2.71. The molecule has 5 heteroatoms. The predicted molar refractivity (Wildman–Crippen MR) is 66.6 cm³/mol. The molecule has 0 amide bonds. The average molecular weight is 266 g/mol. The molecule has 0 saturated heterocycles. The van der Waals surface area contributed by atoms with Gasteiger partial charge < -0.3 is 9.94 Å². The zero-order chi connectivity index (χ0) is 12.9. The molecule has 4 nitrogen and oxygen atoms in total. The van der Waals surface area contributed by atoms with Gasteiger partial charge in [-0.3, -0.25) is 4.79 Å². The molecule has 94 valence electrons. The average Bonchev–Trinajstić information content (AvgIpc) is 2.82. The first-order chi connectivity index (χ1) is 8.49. The van der Waals surface area contributed by atoms with Crippen LogP contribution in [0.3, 0.4) is 0 Å². The Balaban J connectivity index is 1.97. The van der Waals surface area contributed by atoms with Crippen molar-refractivity contribution in [1.29, 1.82) is 0 Å². The summed E-state index contributed by atoms with van der Waals surface area (Å²) in [6.07, 6.45) is -0.467. The van der Waals surface area contributed by atoms with Crippen molar-refractivity contribution in [3.63, 3.8) is 0 Å². The Morgan fingerprint density at radius 3 is 2.78 bits per heavy atom. The molecule has 1 N–H and O–H groups in total. The molecule has 0 bridgehead atoms. The number of nitrogens with zero attached hydrogens (tertiary/aromatic N) is 1. The smallest absolute Gasteiger partial charge is 0.171 e. The first kappa shape index (κ1) is 11.7. The number of ketones is 1.